The Morgan fingerprint density at radius 2 is 2.00 bits per heavy atom. The van der Waals surface area contributed by atoms with Crippen molar-refractivity contribution >= 4 is 16.9 Å². The van der Waals surface area contributed by atoms with Gasteiger partial charge in [-0.3, -0.25) is 4.98 Å². The third-order valence-electron chi connectivity index (χ3n) is 3.12. The van der Waals surface area contributed by atoms with Crippen molar-refractivity contribution in [2.75, 3.05) is 0 Å². The monoisotopic (exact) mass is 242 g/mol. The number of nitrogens with zero attached hydrogens (tertiary/aromatic N) is 1. The minimum atomic E-state index is -1.11. The fourth-order valence-corrected chi connectivity index (χ4v) is 2.36. The highest BCUT2D eigenvalue weighted by molar-refractivity contribution is 6.03. The molecule has 2 rings (SSSR count). The second-order valence-electron chi connectivity index (χ2n) is 4.32. The molecule has 0 spiro atoms. The zero-order valence-corrected chi connectivity index (χ0v) is 10.7. The fourth-order valence-electron chi connectivity index (χ4n) is 2.36. The van der Waals surface area contributed by atoms with Crippen LogP contribution in [0.15, 0.2) is 24.3 Å². The average Bonchev–Trinajstić information content (AvgIpc) is 2.37. The van der Waals surface area contributed by atoms with Crippen molar-refractivity contribution in [1.29, 1.82) is 0 Å². The highest BCUT2D eigenvalue weighted by Crippen LogP contribution is 2.24. The number of carboxylic acid groups (broad SMARTS) is 1. The van der Waals surface area contributed by atoms with Crippen LogP contribution in [0.5, 0.6) is 0 Å². The lowest BCUT2D eigenvalue weighted by atomic mass is 9.96. The number of aryl methyl sites for hydroxylation is 1. The Labute approximate surface area is 106 Å². The predicted molar refractivity (Wildman–Crippen MR) is 69.4 cm³/mol. The van der Waals surface area contributed by atoms with E-state index in [0.29, 0.717) is 17.4 Å². The standard InChI is InChI=1S/C15H17NO2/c1-3-7-12-10(4-2)14(15(17)18)11-8-5-6-9-13(11)16-12/h5-6,8-9H,3-4,7H2,1-2H3,(H,17,18)/p-1. The second kappa shape index (κ2) is 5.17. The molecule has 1 heterocycles. The van der Waals surface area contributed by atoms with Crippen molar-refractivity contribution in [1.82, 2.24) is 4.98 Å². The molecule has 2 aromatic rings. The molecule has 0 aliphatic carbocycles. The zero-order valence-electron chi connectivity index (χ0n) is 10.7. The predicted octanol–water partition coefficient (Wildman–Crippen LogP) is 2.11. The number of hydrogen-bond donors (Lipinski definition) is 0. The molecule has 0 amide bonds. The van der Waals surface area contributed by atoms with Gasteiger partial charge in [-0.2, -0.15) is 0 Å². The molecule has 94 valence electrons. The lowest BCUT2D eigenvalue weighted by Crippen LogP contribution is -2.25. The second-order valence-corrected chi connectivity index (χ2v) is 4.32. The van der Waals surface area contributed by atoms with Crippen LogP contribution in [-0.2, 0) is 12.8 Å². The molecule has 3 heteroatoms. The van der Waals surface area contributed by atoms with Crippen LogP contribution < -0.4 is 5.11 Å². The van der Waals surface area contributed by atoms with E-state index in [-0.39, 0.29) is 0 Å². The van der Waals surface area contributed by atoms with Crippen molar-refractivity contribution in [2.45, 2.75) is 33.1 Å². The molecule has 3 nitrogen and oxygen atoms in total. The minimum absolute atomic E-state index is 0.312. The number of para-hydroxylation sites is 1. The highest BCUT2D eigenvalue weighted by atomic mass is 16.4. The Kier molecular flexibility index (Phi) is 3.60. The summed E-state index contributed by atoms with van der Waals surface area (Å²) < 4.78 is 0. The van der Waals surface area contributed by atoms with Crippen LogP contribution in [0, 0.1) is 0 Å². The third-order valence-corrected chi connectivity index (χ3v) is 3.12. The Bertz CT molecular complexity index is 590. The summed E-state index contributed by atoms with van der Waals surface area (Å²) in [5.41, 5.74) is 2.75. The summed E-state index contributed by atoms with van der Waals surface area (Å²) in [6.07, 6.45) is 2.41. The first-order valence-electron chi connectivity index (χ1n) is 6.30. The van der Waals surface area contributed by atoms with E-state index in [2.05, 4.69) is 11.9 Å². The number of hydrogen-bond acceptors (Lipinski definition) is 3. The molecular weight excluding hydrogens is 226 g/mol. The maximum atomic E-state index is 11.4. The van der Waals surface area contributed by atoms with Gasteiger partial charge in [-0.25, -0.2) is 0 Å². The van der Waals surface area contributed by atoms with Gasteiger partial charge in [0.25, 0.3) is 0 Å². The molecule has 0 saturated heterocycles. The maximum absolute atomic E-state index is 11.4. The topological polar surface area (TPSA) is 53.0 Å². The molecule has 0 saturated carbocycles. The molecule has 1 aromatic carbocycles. The number of carboxylic acids is 1. The van der Waals surface area contributed by atoms with Crippen molar-refractivity contribution in [2.24, 2.45) is 0 Å². The first kappa shape index (κ1) is 12.6. The van der Waals surface area contributed by atoms with Crippen molar-refractivity contribution in [3.05, 3.63) is 41.1 Å². The number of aromatic carboxylic acids is 1. The van der Waals surface area contributed by atoms with Crippen LogP contribution in [0.1, 0.15) is 41.9 Å². The van der Waals surface area contributed by atoms with Gasteiger partial charge in [0, 0.05) is 16.6 Å². The molecule has 0 N–H and O–H groups in total. The number of carbonyl (C=O) groups excluding carboxylic acids is 1. The number of pyridine rings is 1. The molecule has 18 heavy (non-hydrogen) atoms. The van der Waals surface area contributed by atoms with Gasteiger partial charge < -0.3 is 9.90 Å². The summed E-state index contributed by atoms with van der Waals surface area (Å²) in [6.45, 7) is 4.02. The largest absolute Gasteiger partial charge is 0.545 e. The van der Waals surface area contributed by atoms with Crippen LogP contribution in [0.2, 0.25) is 0 Å². The number of benzene rings is 1. The first-order chi connectivity index (χ1) is 8.69. The lowest BCUT2D eigenvalue weighted by Gasteiger charge is -2.16. The normalized spacial score (nSPS) is 10.8. The van der Waals surface area contributed by atoms with E-state index in [1.54, 1.807) is 6.07 Å². The van der Waals surface area contributed by atoms with Gasteiger partial charge in [0.05, 0.1) is 11.5 Å². The average molecular weight is 242 g/mol. The molecule has 0 fully saturated rings. The van der Waals surface area contributed by atoms with Crippen molar-refractivity contribution < 1.29 is 9.90 Å². The fraction of sp³-hybridized carbons (Fsp3) is 0.333. The molecule has 1 aromatic heterocycles. The Hall–Kier alpha value is -1.90. The summed E-state index contributed by atoms with van der Waals surface area (Å²) in [6, 6.07) is 7.34. The van der Waals surface area contributed by atoms with E-state index in [4.69, 9.17) is 0 Å². The van der Waals surface area contributed by atoms with Crippen LogP contribution in [0.3, 0.4) is 0 Å². The molecule has 0 aliphatic rings. The van der Waals surface area contributed by atoms with Crippen LogP contribution in [0.4, 0.5) is 0 Å². The van der Waals surface area contributed by atoms with Crippen molar-refractivity contribution in [3.8, 4) is 0 Å². The summed E-state index contributed by atoms with van der Waals surface area (Å²) >= 11 is 0. The minimum Gasteiger partial charge on any atom is -0.545 e. The zero-order chi connectivity index (χ0) is 13.1. The highest BCUT2D eigenvalue weighted by Gasteiger charge is 2.13. The Morgan fingerprint density at radius 1 is 1.28 bits per heavy atom. The first-order valence-corrected chi connectivity index (χ1v) is 6.30. The van der Waals surface area contributed by atoms with E-state index in [1.807, 2.05) is 25.1 Å². The van der Waals surface area contributed by atoms with E-state index in [1.165, 1.54) is 0 Å². The number of aromatic nitrogens is 1. The van der Waals surface area contributed by atoms with E-state index < -0.39 is 5.97 Å². The Balaban J connectivity index is 2.82. The van der Waals surface area contributed by atoms with E-state index >= 15 is 0 Å². The van der Waals surface area contributed by atoms with Gasteiger partial charge in [0.15, 0.2) is 0 Å². The Morgan fingerprint density at radius 3 is 2.61 bits per heavy atom. The van der Waals surface area contributed by atoms with Gasteiger partial charge in [-0.1, -0.05) is 38.5 Å². The van der Waals surface area contributed by atoms with Crippen molar-refractivity contribution in [3.63, 3.8) is 0 Å². The summed E-state index contributed by atoms with van der Waals surface area (Å²) in [7, 11) is 0. The number of rotatable bonds is 4. The smallest absolute Gasteiger partial charge is 0.0725 e. The van der Waals surface area contributed by atoms with Gasteiger partial charge in [-0.05, 0) is 24.5 Å². The maximum Gasteiger partial charge on any atom is 0.0725 e. The molecule has 0 atom stereocenters. The van der Waals surface area contributed by atoms with Gasteiger partial charge in [0.2, 0.25) is 0 Å². The molecule has 0 unspecified atom stereocenters. The van der Waals surface area contributed by atoms with Crippen LogP contribution >= 0.6 is 0 Å². The van der Waals surface area contributed by atoms with Gasteiger partial charge >= 0.3 is 0 Å². The summed E-state index contributed by atoms with van der Waals surface area (Å²) in [5, 5.41) is 12.1. The van der Waals surface area contributed by atoms with Crippen LogP contribution in [0.25, 0.3) is 10.9 Å². The summed E-state index contributed by atoms with van der Waals surface area (Å²) in [5.74, 6) is -1.11. The van der Waals surface area contributed by atoms with Crippen LogP contribution in [-0.4, -0.2) is 11.0 Å². The molecular formula is C15H16NO2-. The van der Waals surface area contributed by atoms with Gasteiger partial charge in [0.1, 0.15) is 0 Å². The quantitative estimate of drug-likeness (QED) is 0.825. The number of carbonyl (C=O) groups is 1. The lowest BCUT2D eigenvalue weighted by molar-refractivity contribution is -0.254. The number of fused-ring (bicyclic) bond motifs is 1. The third kappa shape index (κ3) is 2.08. The van der Waals surface area contributed by atoms with E-state index in [0.717, 1.165) is 29.6 Å². The van der Waals surface area contributed by atoms with Gasteiger partial charge in [-0.15, -0.1) is 0 Å². The van der Waals surface area contributed by atoms with E-state index in [9.17, 15) is 9.90 Å². The molecule has 0 radical (unpaired) electrons. The summed E-state index contributed by atoms with van der Waals surface area (Å²) in [4.78, 5) is 16.0. The molecule has 0 bridgehead atoms. The SMILES string of the molecule is CCCc1nc2ccccc2c(C(=O)[O-])c1CC. The molecule has 0 aliphatic heterocycles.